The molecule has 1 fully saturated rings. The Bertz CT molecular complexity index is 562. The van der Waals surface area contributed by atoms with Crippen molar-refractivity contribution in [2.45, 2.75) is 25.0 Å². The van der Waals surface area contributed by atoms with E-state index in [1.54, 1.807) is 12.1 Å². The summed E-state index contributed by atoms with van der Waals surface area (Å²) in [7, 11) is -3.34. The number of carbonyl (C=O) groups is 1. The number of nitrogens with zero attached hydrogens (tertiary/aromatic N) is 1. The second-order valence-electron chi connectivity index (χ2n) is 4.72. The van der Waals surface area contributed by atoms with E-state index in [1.807, 2.05) is 0 Å². The van der Waals surface area contributed by atoms with Crippen LogP contribution in [0.15, 0.2) is 24.3 Å². The predicted molar refractivity (Wildman–Crippen MR) is 71.4 cm³/mol. The Labute approximate surface area is 112 Å². The Morgan fingerprint density at radius 2 is 1.89 bits per heavy atom. The first-order valence-electron chi connectivity index (χ1n) is 6.29. The van der Waals surface area contributed by atoms with Crippen molar-refractivity contribution in [2.24, 2.45) is 0 Å². The number of hydrogen-bond donors (Lipinski definition) is 1. The average Bonchev–Trinajstić information content (AvgIpc) is 2.39. The van der Waals surface area contributed by atoms with Crippen molar-refractivity contribution < 1.29 is 18.3 Å². The molecule has 5 nitrogen and oxygen atoms in total. The summed E-state index contributed by atoms with van der Waals surface area (Å²) < 4.78 is 25.9. The van der Waals surface area contributed by atoms with Crippen molar-refractivity contribution in [3.8, 4) is 0 Å². The highest BCUT2D eigenvalue weighted by molar-refractivity contribution is 7.88. The molecule has 0 amide bonds. The van der Waals surface area contributed by atoms with Gasteiger partial charge in [0.2, 0.25) is 10.0 Å². The van der Waals surface area contributed by atoms with Crippen molar-refractivity contribution in [3.05, 3.63) is 35.4 Å². The summed E-state index contributed by atoms with van der Waals surface area (Å²) in [5.74, 6) is -1.18. The first-order valence-corrected chi connectivity index (χ1v) is 7.90. The highest BCUT2D eigenvalue weighted by atomic mass is 32.2. The Morgan fingerprint density at radius 3 is 2.53 bits per heavy atom. The minimum atomic E-state index is -3.34. The predicted octanol–water partition coefficient (Wildman–Crippen LogP) is 1.70. The summed E-state index contributed by atoms with van der Waals surface area (Å²) in [5, 5.41) is 8.90. The van der Waals surface area contributed by atoms with Crippen LogP contribution in [0.5, 0.6) is 0 Å². The van der Waals surface area contributed by atoms with Gasteiger partial charge in [0, 0.05) is 13.1 Å². The van der Waals surface area contributed by atoms with Gasteiger partial charge in [-0.3, -0.25) is 0 Å². The molecule has 1 aliphatic rings. The molecule has 104 valence electrons. The minimum Gasteiger partial charge on any atom is -0.478 e. The van der Waals surface area contributed by atoms with Crippen LogP contribution in [0.2, 0.25) is 0 Å². The maximum Gasteiger partial charge on any atom is 0.335 e. The van der Waals surface area contributed by atoms with Gasteiger partial charge in [0.1, 0.15) is 0 Å². The fraction of sp³-hybridized carbons (Fsp3) is 0.462. The molecule has 1 N–H and O–H groups in total. The van der Waals surface area contributed by atoms with Gasteiger partial charge in [0.05, 0.1) is 11.3 Å². The van der Waals surface area contributed by atoms with Gasteiger partial charge >= 0.3 is 5.97 Å². The monoisotopic (exact) mass is 283 g/mol. The van der Waals surface area contributed by atoms with Gasteiger partial charge in [-0.25, -0.2) is 17.5 Å². The maximum absolute atomic E-state index is 12.2. The number of carboxylic acid groups (broad SMARTS) is 1. The van der Waals surface area contributed by atoms with E-state index in [-0.39, 0.29) is 11.3 Å². The highest BCUT2D eigenvalue weighted by Gasteiger charge is 2.24. The molecule has 19 heavy (non-hydrogen) atoms. The number of sulfonamides is 1. The van der Waals surface area contributed by atoms with Crippen LogP contribution in [0.1, 0.15) is 35.2 Å². The first kappa shape index (κ1) is 14.0. The molecule has 0 spiro atoms. The highest BCUT2D eigenvalue weighted by Crippen LogP contribution is 2.17. The molecule has 0 radical (unpaired) electrons. The number of rotatable bonds is 4. The van der Waals surface area contributed by atoms with Gasteiger partial charge in [0.15, 0.2) is 0 Å². The van der Waals surface area contributed by atoms with Crippen LogP contribution in [-0.2, 0) is 15.8 Å². The number of carboxylic acids is 1. The van der Waals surface area contributed by atoms with Crippen LogP contribution in [-0.4, -0.2) is 36.9 Å². The smallest absolute Gasteiger partial charge is 0.335 e. The van der Waals surface area contributed by atoms with E-state index >= 15 is 0 Å². The van der Waals surface area contributed by atoms with E-state index in [0.29, 0.717) is 18.7 Å². The van der Waals surface area contributed by atoms with Crippen molar-refractivity contribution in [1.82, 2.24) is 4.31 Å². The van der Waals surface area contributed by atoms with Crippen LogP contribution in [0, 0.1) is 0 Å². The van der Waals surface area contributed by atoms with E-state index in [2.05, 4.69) is 0 Å². The molecule has 1 saturated heterocycles. The zero-order chi connectivity index (χ0) is 13.9. The van der Waals surface area contributed by atoms with Crippen LogP contribution in [0.3, 0.4) is 0 Å². The standard InChI is InChI=1S/C13H17NO4S/c15-13(16)12-6-4-5-11(9-12)10-19(17,18)14-7-2-1-3-8-14/h4-6,9H,1-3,7-8,10H2,(H,15,16). The van der Waals surface area contributed by atoms with E-state index in [0.717, 1.165) is 19.3 Å². The fourth-order valence-electron chi connectivity index (χ4n) is 2.24. The third-order valence-corrected chi connectivity index (χ3v) is 5.08. The van der Waals surface area contributed by atoms with Gasteiger partial charge in [-0.15, -0.1) is 0 Å². The minimum absolute atomic E-state index is 0.117. The lowest BCUT2D eigenvalue weighted by molar-refractivity contribution is 0.0696. The second kappa shape index (κ2) is 5.71. The molecule has 0 aromatic heterocycles. The molecule has 0 bridgehead atoms. The molecular weight excluding hydrogens is 266 g/mol. The van der Waals surface area contributed by atoms with Crippen molar-refractivity contribution in [1.29, 1.82) is 0 Å². The molecule has 6 heteroatoms. The Kier molecular flexibility index (Phi) is 4.21. The molecule has 1 heterocycles. The number of benzene rings is 1. The molecule has 1 aliphatic heterocycles. The summed E-state index contributed by atoms with van der Waals surface area (Å²) in [5.41, 5.74) is 0.636. The fourth-order valence-corrected chi connectivity index (χ4v) is 3.84. The normalized spacial score (nSPS) is 17.3. The van der Waals surface area contributed by atoms with Gasteiger partial charge < -0.3 is 5.11 Å². The van der Waals surface area contributed by atoms with Gasteiger partial charge in [-0.05, 0) is 30.5 Å². The quantitative estimate of drug-likeness (QED) is 0.912. The van der Waals surface area contributed by atoms with Crippen LogP contribution in [0.25, 0.3) is 0 Å². The average molecular weight is 283 g/mol. The zero-order valence-corrected chi connectivity index (χ0v) is 11.4. The molecule has 2 rings (SSSR count). The summed E-state index contributed by atoms with van der Waals surface area (Å²) >= 11 is 0. The zero-order valence-electron chi connectivity index (χ0n) is 10.6. The largest absolute Gasteiger partial charge is 0.478 e. The van der Waals surface area contributed by atoms with E-state index < -0.39 is 16.0 Å². The molecule has 0 unspecified atom stereocenters. The lowest BCUT2D eigenvalue weighted by atomic mass is 10.1. The topological polar surface area (TPSA) is 74.7 Å². The lowest BCUT2D eigenvalue weighted by Crippen LogP contribution is -2.36. The third-order valence-electron chi connectivity index (χ3n) is 3.23. The van der Waals surface area contributed by atoms with Gasteiger partial charge in [0.25, 0.3) is 0 Å². The maximum atomic E-state index is 12.2. The van der Waals surface area contributed by atoms with Crippen molar-refractivity contribution in [3.63, 3.8) is 0 Å². The van der Waals surface area contributed by atoms with Gasteiger partial charge in [-0.1, -0.05) is 18.6 Å². The van der Waals surface area contributed by atoms with Crippen LogP contribution >= 0.6 is 0 Å². The summed E-state index contributed by atoms with van der Waals surface area (Å²) in [6.45, 7) is 1.14. The Morgan fingerprint density at radius 1 is 1.21 bits per heavy atom. The van der Waals surface area contributed by atoms with Crippen molar-refractivity contribution in [2.75, 3.05) is 13.1 Å². The van der Waals surface area contributed by atoms with Crippen LogP contribution in [0.4, 0.5) is 0 Å². The van der Waals surface area contributed by atoms with Crippen LogP contribution < -0.4 is 0 Å². The van der Waals surface area contributed by atoms with Gasteiger partial charge in [-0.2, -0.15) is 0 Å². The summed E-state index contributed by atoms with van der Waals surface area (Å²) in [4.78, 5) is 10.9. The summed E-state index contributed by atoms with van der Waals surface area (Å²) in [6, 6.07) is 6.10. The number of hydrogen-bond acceptors (Lipinski definition) is 3. The van der Waals surface area contributed by atoms with E-state index in [4.69, 9.17) is 5.11 Å². The SMILES string of the molecule is O=C(O)c1cccc(CS(=O)(=O)N2CCCCC2)c1. The first-order chi connectivity index (χ1) is 8.99. The van der Waals surface area contributed by atoms with E-state index in [1.165, 1.54) is 16.4 Å². The molecule has 1 aromatic rings. The molecule has 0 aliphatic carbocycles. The lowest BCUT2D eigenvalue weighted by Gasteiger charge is -2.25. The molecular formula is C13H17NO4S. The molecule has 1 aromatic carbocycles. The third kappa shape index (κ3) is 3.54. The Balaban J connectivity index is 2.15. The molecule has 0 saturated carbocycles. The summed E-state index contributed by atoms with van der Waals surface area (Å²) in [6.07, 6.45) is 2.86. The van der Waals surface area contributed by atoms with E-state index in [9.17, 15) is 13.2 Å². The Hall–Kier alpha value is -1.40. The van der Waals surface area contributed by atoms with Crippen molar-refractivity contribution >= 4 is 16.0 Å². The number of piperidine rings is 1. The second-order valence-corrected chi connectivity index (χ2v) is 6.69. The number of aromatic carboxylic acids is 1. The molecule has 0 atom stereocenters.